The maximum Gasteiger partial charge on any atom is 0.225 e. The first kappa shape index (κ1) is 18.9. The number of piperidine rings is 2. The zero-order valence-electron chi connectivity index (χ0n) is 16.1. The number of carbonyl (C=O) groups excluding carboxylic acids is 2. The van der Waals surface area contributed by atoms with Crippen molar-refractivity contribution < 1.29 is 9.59 Å². The van der Waals surface area contributed by atoms with Crippen molar-refractivity contribution in [2.24, 2.45) is 5.92 Å². The van der Waals surface area contributed by atoms with Crippen molar-refractivity contribution in [2.75, 3.05) is 26.2 Å². The summed E-state index contributed by atoms with van der Waals surface area (Å²) in [5.74, 6) is 0.464. The highest BCUT2D eigenvalue weighted by atomic mass is 16.2. The van der Waals surface area contributed by atoms with Crippen LogP contribution in [-0.2, 0) is 16.0 Å². The lowest BCUT2D eigenvalue weighted by atomic mass is 9.94. The minimum atomic E-state index is 0.0779. The molecule has 2 amide bonds. The molecule has 2 fully saturated rings. The van der Waals surface area contributed by atoms with E-state index in [2.05, 4.69) is 23.4 Å². The van der Waals surface area contributed by atoms with Gasteiger partial charge in [0.1, 0.15) is 0 Å². The molecule has 0 N–H and O–H groups in total. The van der Waals surface area contributed by atoms with Crippen molar-refractivity contribution in [3.05, 3.63) is 11.9 Å². The van der Waals surface area contributed by atoms with Crippen molar-refractivity contribution >= 4 is 11.8 Å². The molecule has 3 heterocycles. The lowest BCUT2D eigenvalue weighted by Gasteiger charge is -2.37. The van der Waals surface area contributed by atoms with Crippen molar-refractivity contribution in [3.8, 4) is 0 Å². The highest BCUT2D eigenvalue weighted by Crippen LogP contribution is 2.26. The minimum Gasteiger partial charge on any atom is -0.343 e. The van der Waals surface area contributed by atoms with Gasteiger partial charge in [-0.25, -0.2) is 4.68 Å². The molecule has 1 aromatic rings. The number of rotatable bonds is 5. The summed E-state index contributed by atoms with van der Waals surface area (Å²) in [6.45, 7) is 6.79. The van der Waals surface area contributed by atoms with Crippen LogP contribution in [0.1, 0.15) is 64.1 Å². The largest absolute Gasteiger partial charge is 0.343 e. The highest BCUT2D eigenvalue weighted by molar-refractivity contribution is 5.79. The molecule has 0 radical (unpaired) electrons. The van der Waals surface area contributed by atoms with Crippen LogP contribution >= 0.6 is 0 Å². The van der Waals surface area contributed by atoms with Gasteiger partial charge in [-0.1, -0.05) is 18.6 Å². The summed E-state index contributed by atoms with van der Waals surface area (Å²) in [5.41, 5.74) is 1.07. The van der Waals surface area contributed by atoms with Gasteiger partial charge in [0, 0.05) is 45.2 Å². The Kier molecular flexibility index (Phi) is 6.27. The maximum absolute atomic E-state index is 12.8. The topological polar surface area (TPSA) is 71.3 Å². The van der Waals surface area contributed by atoms with E-state index < -0.39 is 0 Å². The second-order valence-electron chi connectivity index (χ2n) is 7.63. The van der Waals surface area contributed by atoms with Crippen LogP contribution in [0.15, 0.2) is 6.20 Å². The molecule has 2 saturated heterocycles. The standard InChI is InChI=1S/C19H31N5O2/c1-3-4-5-17-14-24(21-20-17)18-8-12-23(13-9-18)19(26)16-6-10-22(11-7-16)15(2)25/h14,16,18H,3-13H2,1-2H3. The number of hydrogen-bond donors (Lipinski definition) is 0. The fourth-order valence-corrected chi connectivity index (χ4v) is 4.01. The van der Waals surface area contributed by atoms with E-state index in [1.165, 1.54) is 6.42 Å². The molecular formula is C19H31N5O2. The highest BCUT2D eigenvalue weighted by Gasteiger charge is 2.32. The predicted molar refractivity (Wildman–Crippen MR) is 98.5 cm³/mol. The van der Waals surface area contributed by atoms with Crippen LogP contribution in [-0.4, -0.2) is 62.8 Å². The molecule has 0 spiro atoms. The fraction of sp³-hybridized carbons (Fsp3) is 0.789. The van der Waals surface area contributed by atoms with Gasteiger partial charge in [-0.15, -0.1) is 5.10 Å². The number of amides is 2. The molecule has 1 aromatic heterocycles. The van der Waals surface area contributed by atoms with Crippen LogP contribution in [0.2, 0.25) is 0 Å². The van der Waals surface area contributed by atoms with Gasteiger partial charge in [0.15, 0.2) is 0 Å². The Labute approximate surface area is 155 Å². The number of aryl methyl sites for hydroxylation is 1. The Hall–Kier alpha value is -1.92. The molecule has 0 aromatic carbocycles. The molecule has 144 valence electrons. The van der Waals surface area contributed by atoms with Gasteiger partial charge >= 0.3 is 0 Å². The van der Waals surface area contributed by atoms with Crippen molar-refractivity contribution in [1.82, 2.24) is 24.8 Å². The molecule has 0 aliphatic carbocycles. The van der Waals surface area contributed by atoms with E-state index in [0.29, 0.717) is 19.1 Å². The summed E-state index contributed by atoms with van der Waals surface area (Å²) >= 11 is 0. The summed E-state index contributed by atoms with van der Waals surface area (Å²) in [7, 11) is 0. The number of hydrogen-bond acceptors (Lipinski definition) is 4. The number of carbonyl (C=O) groups is 2. The van der Waals surface area contributed by atoms with Crippen molar-refractivity contribution in [1.29, 1.82) is 0 Å². The molecule has 0 bridgehead atoms. The van der Waals surface area contributed by atoms with Gasteiger partial charge in [0.25, 0.3) is 0 Å². The number of likely N-dealkylation sites (tertiary alicyclic amines) is 2. The third-order valence-corrected chi connectivity index (χ3v) is 5.78. The first-order valence-corrected chi connectivity index (χ1v) is 10.0. The molecule has 0 atom stereocenters. The van der Waals surface area contributed by atoms with Crippen LogP contribution in [0.3, 0.4) is 0 Å². The van der Waals surface area contributed by atoms with E-state index in [1.807, 2.05) is 14.5 Å². The average molecular weight is 361 g/mol. The summed E-state index contributed by atoms with van der Waals surface area (Å²) in [5, 5.41) is 8.58. The van der Waals surface area contributed by atoms with E-state index >= 15 is 0 Å². The number of aromatic nitrogens is 3. The van der Waals surface area contributed by atoms with Gasteiger partial charge < -0.3 is 9.80 Å². The molecule has 7 heteroatoms. The van der Waals surface area contributed by atoms with Crippen LogP contribution in [0.4, 0.5) is 0 Å². The summed E-state index contributed by atoms with van der Waals surface area (Å²) in [6, 6.07) is 0.349. The monoisotopic (exact) mass is 361 g/mol. The molecule has 0 unspecified atom stereocenters. The third-order valence-electron chi connectivity index (χ3n) is 5.78. The van der Waals surface area contributed by atoms with Gasteiger partial charge in [-0.3, -0.25) is 9.59 Å². The van der Waals surface area contributed by atoms with E-state index in [-0.39, 0.29) is 17.7 Å². The Bertz CT molecular complexity index is 613. The van der Waals surface area contributed by atoms with E-state index in [0.717, 1.165) is 57.3 Å². The smallest absolute Gasteiger partial charge is 0.225 e. The number of nitrogens with zero attached hydrogens (tertiary/aromatic N) is 5. The van der Waals surface area contributed by atoms with E-state index in [4.69, 9.17) is 0 Å². The Morgan fingerprint density at radius 2 is 1.73 bits per heavy atom. The average Bonchev–Trinajstić information content (AvgIpc) is 3.15. The molecule has 26 heavy (non-hydrogen) atoms. The summed E-state index contributed by atoms with van der Waals surface area (Å²) < 4.78 is 2.00. The molecular weight excluding hydrogens is 330 g/mol. The van der Waals surface area contributed by atoms with Crippen LogP contribution in [0, 0.1) is 5.92 Å². The van der Waals surface area contributed by atoms with Gasteiger partial charge in [-0.05, 0) is 38.5 Å². The molecule has 7 nitrogen and oxygen atoms in total. The fourth-order valence-electron chi connectivity index (χ4n) is 4.01. The second-order valence-corrected chi connectivity index (χ2v) is 7.63. The predicted octanol–water partition coefficient (Wildman–Crippen LogP) is 2.04. The minimum absolute atomic E-state index is 0.0779. The van der Waals surface area contributed by atoms with Crippen LogP contribution in [0.25, 0.3) is 0 Å². The van der Waals surface area contributed by atoms with E-state index in [1.54, 1.807) is 6.92 Å². The van der Waals surface area contributed by atoms with Crippen LogP contribution < -0.4 is 0 Å². The van der Waals surface area contributed by atoms with Crippen molar-refractivity contribution in [3.63, 3.8) is 0 Å². The molecule has 3 rings (SSSR count). The normalized spacial score (nSPS) is 19.8. The van der Waals surface area contributed by atoms with Gasteiger partial charge in [0.05, 0.1) is 11.7 Å². The molecule has 0 saturated carbocycles. The summed E-state index contributed by atoms with van der Waals surface area (Å²) in [4.78, 5) is 28.1. The lowest BCUT2D eigenvalue weighted by Crippen LogP contribution is -2.46. The molecule has 2 aliphatic heterocycles. The Morgan fingerprint density at radius 3 is 2.35 bits per heavy atom. The maximum atomic E-state index is 12.8. The Balaban J connectivity index is 1.47. The SMILES string of the molecule is CCCCc1cn(C2CCN(C(=O)C3CCN(C(C)=O)CC3)CC2)nn1. The Morgan fingerprint density at radius 1 is 1.08 bits per heavy atom. The molecule has 2 aliphatic rings. The first-order valence-electron chi connectivity index (χ1n) is 10.0. The quantitative estimate of drug-likeness (QED) is 0.805. The van der Waals surface area contributed by atoms with Crippen molar-refractivity contribution in [2.45, 2.75) is 64.8 Å². The summed E-state index contributed by atoms with van der Waals surface area (Å²) in [6.07, 6.45) is 8.85. The van der Waals surface area contributed by atoms with Crippen LogP contribution in [0.5, 0.6) is 0 Å². The third kappa shape index (κ3) is 4.43. The zero-order chi connectivity index (χ0) is 18.5. The first-order chi connectivity index (χ1) is 12.6. The second kappa shape index (κ2) is 8.64. The van der Waals surface area contributed by atoms with E-state index in [9.17, 15) is 9.59 Å². The zero-order valence-corrected chi connectivity index (χ0v) is 16.1. The lowest BCUT2D eigenvalue weighted by molar-refractivity contribution is -0.141. The number of unbranched alkanes of at least 4 members (excludes halogenated alkanes) is 1. The van der Waals surface area contributed by atoms with Gasteiger partial charge in [-0.2, -0.15) is 0 Å². The van der Waals surface area contributed by atoms with Gasteiger partial charge in [0.2, 0.25) is 11.8 Å².